The van der Waals surface area contributed by atoms with Gasteiger partial charge in [-0.05, 0) is 30.7 Å². The van der Waals surface area contributed by atoms with E-state index >= 15 is 0 Å². The zero-order valence-corrected chi connectivity index (χ0v) is 16.1. The number of hydrogen-bond acceptors (Lipinski definition) is 6. The van der Waals surface area contributed by atoms with Crippen LogP contribution < -0.4 is 16.7 Å². The maximum atomic E-state index is 12.5. The highest BCUT2D eigenvalue weighted by Gasteiger charge is 2.10. The molecule has 30 heavy (non-hydrogen) atoms. The Morgan fingerprint density at radius 3 is 2.67 bits per heavy atom. The second kappa shape index (κ2) is 7.78. The van der Waals surface area contributed by atoms with Gasteiger partial charge in [-0.15, -0.1) is 0 Å². The Balaban J connectivity index is 1.44. The van der Waals surface area contributed by atoms with Crippen molar-refractivity contribution in [1.82, 2.24) is 19.2 Å². The zero-order valence-electron chi connectivity index (χ0n) is 16.1. The molecule has 0 unspecified atom stereocenters. The number of hydrogen-bond donors (Lipinski definition) is 1. The van der Waals surface area contributed by atoms with E-state index in [0.717, 1.165) is 10.2 Å². The number of nitrogens with zero attached hydrogens (tertiary/aromatic N) is 3. The van der Waals surface area contributed by atoms with Crippen LogP contribution in [-0.2, 0) is 22.7 Å². The minimum atomic E-state index is -0.582. The van der Waals surface area contributed by atoms with Gasteiger partial charge in [-0.1, -0.05) is 18.2 Å². The number of carbonyl (C=O) groups excluding carboxylic acids is 1. The summed E-state index contributed by atoms with van der Waals surface area (Å²) in [5.41, 5.74) is 0.641. The molecule has 9 heteroatoms. The molecule has 0 amide bonds. The summed E-state index contributed by atoms with van der Waals surface area (Å²) in [5, 5.41) is 3.04. The lowest BCUT2D eigenvalue weighted by atomic mass is 10.2. The van der Waals surface area contributed by atoms with Crippen molar-refractivity contribution in [3.8, 4) is 0 Å². The standard InChI is InChI=1S/C21H18N4O5/c1-13-6-7-17-22-14(10-18(26)24(17)11-13)12-30-19(27)8-9-25-21(29)16-5-3-2-4-15(16)20(28)23-25/h2-7,10-11H,8-9,12H2,1H3,(H,23,28). The molecule has 0 radical (unpaired) electrons. The second-order valence-electron chi connectivity index (χ2n) is 6.87. The third-order valence-corrected chi connectivity index (χ3v) is 4.66. The summed E-state index contributed by atoms with van der Waals surface area (Å²) in [6.45, 7) is 1.67. The fraction of sp³-hybridized carbons (Fsp3) is 0.190. The van der Waals surface area contributed by atoms with Gasteiger partial charge in [0.05, 0.1) is 29.4 Å². The predicted octanol–water partition coefficient (Wildman–Crippen LogP) is 1.14. The first-order chi connectivity index (χ1) is 14.4. The SMILES string of the molecule is Cc1ccc2nc(COC(=O)CCn3[nH]c(=O)c4ccccc4c3=O)cc(=O)n2c1. The van der Waals surface area contributed by atoms with E-state index in [1.807, 2.05) is 13.0 Å². The molecular weight excluding hydrogens is 388 g/mol. The Morgan fingerprint density at radius 1 is 1.10 bits per heavy atom. The molecule has 152 valence electrons. The van der Waals surface area contributed by atoms with Gasteiger partial charge in [-0.2, -0.15) is 0 Å². The number of aromatic nitrogens is 4. The lowest BCUT2D eigenvalue weighted by Crippen LogP contribution is -2.30. The number of aryl methyl sites for hydroxylation is 2. The van der Waals surface area contributed by atoms with Crippen LogP contribution in [0.15, 0.2) is 63.0 Å². The quantitative estimate of drug-likeness (QED) is 0.497. The van der Waals surface area contributed by atoms with Crippen LogP contribution in [0.5, 0.6) is 0 Å². The maximum absolute atomic E-state index is 12.5. The van der Waals surface area contributed by atoms with Gasteiger partial charge in [0.25, 0.3) is 16.7 Å². The number of nitrogens with one attached hydrogen (secondary N) is 1. The molecule has 1 aromatic carbocycles. The second-order valence-corrected chi connectivity index (χ2v) is 6.87. The number of ether oxygens (including phenoxy) is 1. The van der Waals surface area contributed by atoms with E-state index in [2.05, 4.69) is 10.1 Å². The fourth-order valence-corrected chi connectivity index (χ4v) is 3.17. The summed E-state index contributed by atoms with van der Waals surface area (Å²) in [7, 11) is 0. The van der Waals surface area contributed by atoms with Crippen molar-refractivity contribution in [2.24, 2.45) is 0 Å². The predicted molar refractivity (Wildman–Crippen MR) is 109 cm³/mol. The molecule has 0 spiro atoms. The largest absolute Gasteiger partial charge is 0.459 e. The van der Waals surface area contributed by atoms with Gasteiger partial charge in [0, 0.05) is 12.3 Å². The summed E-state index contributed by atoms with van der Waals surface area (Å²) >= 11 is 0. The normalized spacial score (nSPS) is 11.1. The molecule has 0 atom stereocenters. The molecule has 4 rings (SSSR count). The van der Waals surface area contributed by atoms with Crippen LogP contribution in [0.1, 0.15) is 17.7 Å². The van der Waals surface area contributed by atoms with Crippen molar-refractivity contribution >= 4 is 22.4 Å². The van der Waals surface area contributed by atoms with Crippen molar-refractivity contribution in [3.05, 3.63) is 91.0 Å². The highest BCUT2D eigenvalue weighted by atomic mass is 16.5. The number of carbonyl (C=O) groups is 1. The zero-order chi connectivity index (χ0) is 21.3. The summed E-state index contributed by atoms with van der Waals surface area (Å²) in [6, 6.07) is 11.3. The Hall–Kier alpha value is -4.01. The molecule has 1 N–H and O–H groups in total. The monoisotopic (exact) mass is 406 g/mol. The van der Waals surface area contributed by atoms with E-state index in [9.17, 15) is 19.2 Å². The molecule has 0 aliphatic carbocycles. The number of H-pyrrole nitrogens is 1. The molecule has 0 aliphatic heterocycles. The van der Waals surface area contributed by atoms with E-state index in [1.165, 1.54) is 10.5 Å². The van der Waals surface area contributed by atoms with Crippen molar-refractivity contribution in [2.75, 3.05) is 0 Å². The molecule has 0 aliphatic rings. The lowest BCUT2D eigenvalue weighted by Gasteiger charge is -2.08. The Kier molecular flexibility index (Phi) is 5.01. The van der Waals surface area contributed by atoms with Gasteiger partial charge in [0.1, 0.15) is 12.3 Å². The smallest absolute Gasteiger partial charge is 0.308 e. The highest BCUT2D eigenvalue weighted by molar-refractivity contribution is 5.80. The number of aromatic amines is 1. The number of benzene rings is 1. The lowest BCUT2D eigenvalue weighted by molar-refractivity contribution is -0.145. The number of rotatable bonds is 5. The van der Waals surface area contributed by atoms with Crippen molar-refractivity contribution < 1.29 is 9.53 Å². The van der Waals surface area contributed by atoms with E-state index < -0.39 is 17.1 Å². The van der Waals surface area contributed by atoms with Gasteiger partial charge in [0.2, 0.25) is 0 Å². The highest BCUT2D eigenvalue weighted by Crippen LogP contribution is 2.05. The molecule has 9 nitrogen and oxygen atoms in total. The van der Waals surface area contributed by atoms with Crippen LogP contribution in [0, 0.1) is 6.92 Å². The minimum absolute atomic E-state index is 0.0369. The number of esters is 1. The van der Waals surface area contributed by atoms with E-state index in [1.54, 1.807) is 36.5 Å². The molecule has 4 aromatic rings. The molecule has 0 saturated carbocycles. The average molecular weight is 406 g/mol. The van der Waals surface area contributed by atoms with E-state index in [-0.39, 0.29) is 30.5 Å². The first kappa shape index (κ1) is 19.3. The van der Waals surface area contributed by atoms with Gasteiger partial charge >= 0.3 is 5.97 Å². The van der Waals surface area contributed by atoms with E-state index in [0.29, 0.717) is 16.7 Å². The van der Waals surface area contributed by atoms with Crippen LogP contribution >= 0.6 is 0 Å². The van der Waals surface area contributed by atoms with Gasteiger partial charge < -0.3 is 4.74 Å². The van der Waals surface area contributed by atoms with Crippen LogP contribution in [-0.4, -0.2) is 25.1 Å². The van der Waals surface area contributed by atoms with Crippen LogP contribution in [0.4, 0.5) is 0 Å². The summed E-state index contributed by atoms with van der Waals surface area (Å²) in [6.07, 6.45) is 1.56. The summed E-state index contributed by atoms with van der Waals surface area (Å²) < 4.78 is 7.69. The third kappa shape index (κ3) is 3.77. The summed E-state index contributed by atoms with van der Waals surface area (Å²) in [5.74, 6) is -0.582. The van der Waals surface area contributed by atoms with E-state index in [4.69, 9.17) is 4.74 Å². The summed E-state index contributed by atoms with van der Waals surface area (Å²) in [4.78, 5) is 53.2. The van der Waals surface area contributed by atoms with Gasteiger partial charge in [-0.3, -0.25) is 28.7 Å². The van der Waals surface area contributed by atoms with Crippen molar-refractivity contribution in [2.45, 2.75) is 26.5 Å². The van der Waals surface area contributed by atoms with Crippen LogP contribution in [0.3, 0.4) is 0 Å². The average Bonchev–Trinajstić information content (AvgIpc) is 2.74. The van der Waals surface area contributed by atoms with Gasteiger partial charge in [0.15, 0.2) is 0 Å². The molecule has 0 saturated heterocycles. The molecule has 3 aromatic heterocycles. The van der Waals surface area contributed by atoms with Crippen LogP contribution in [0.2, 0.25) is 0 Å². The topological polar surface area (TPSA) is 116 Å². The van der Waals surface area contributed by atoms with Gasteiger partial charge in [-0.25, -0.2) is 9.67 Å². The van der Waals surface area contributed by atoms with Crippen molar-refractivity contribution in [3.63, 3.8) is 0 Å². The third-order valence-electron chi connectivity index (χ3n) is 4.66. The Labute approximate surface area is 169 Å². The van der Waals surface area contributed by atoms with Crippen molar-refractivity contribution in [1.29, 1.82) is 0 Å². The maximum Gasteiger partial charge on any atom is 0.308 e. The molecule has 3 heterocycles. The fourth-order valence-electron chi connectivity index (χ4n) is 3.17. The van der Waals surface area contributed by atoms with Crippen LogP contribution in [0.25, 0.3) is 16.4 Å². The Bertz CT molecular complexity index is 1450. The molecule has 0 bridgehead atoms. The number of pyridine rings is 1. The first-order valence-electron chi connectivity index (χ1n) is 9.29. The molecule has 0 fully saturated rings. The molecular formula is C21H18N4O5. The Morgan fingerprint density at radius 2 is 1.87 bits per heavy atom. The number of fused-ring (bicyclic) bond motifs is 2. The first-order valence-corrected chi connectivity index (χ1v) is 9.29. The minimum Gasteiger partial charge on any atom is -0.459 e.